The third kappa shape index (κ3) is 3.61. The highest BCUT2D eigenvalue weighted by Gasteiger charge is 2.12. The molecule has 1 amide bonds. The molecule has 0 aliphatic heterocycles. The van der Waals surface area contributed by atoms with E-state index in [1.807, 2.05) is 25.1 Å². The Morgan fingerprint density at radius 1 is 1.32 bits per heavy atom. The molecule has 0 saturated heterocycles. The smallest absolute Gasteiger partial charge is 0.227 e. The molecule has 0 unspecified atom stereocenters. The van der Waals surface area contributed by atoms with E-state index in [9.17, 15) is 9.90 Å². The summed E-state index contributed by atoms with van der Waals surface area (Å²) in [6.07, 6.45) is 0.268. The summed E-state index contributed by atoms with van der Waals surface area (Å²) in [5.74, 6) is 1.77. The summed E-state index contributed by atoms with van der Waals surface area (Å²) in [6.45, 7) is 2.32. The number of carbonyl (C=O) groups excluding carboxylic acids is 1. The van der Waals surface area contributed by atoms with Crippen molar-refractivity contribution in [3.8, 4) is 5.75 Å². The summed E-state index contributed by atoms with van der Waals surface area (Å²) in [7, 11) is 1.74. The van der Waals surface area contributed by atoms with E-state index in [4.69, 9.17) is 4.42 Å². The molecule has 1 heterocycles. The Hall–Kier alpha value is -2.23. The van der Waals surface area contributed by atoms with Crippen molar-refractivity contribution in [2.75, 3.05) is 7.05 Å². The molecule has 0 bridgehead atoms. The van der Waals surface area contributed by atoms with Crippen molar-refractivity contribution in [1.29, 1.82) is 0 Å². The fourth-order valence-corrected chi connectivity index (χ4v) is 1.87. The molecule has 4 heteroatoms. The van der Waals surface area contributed by atoms with Crippen LogP contribution in [0.15, 0.2) is 40.8 Å². The number of phenols is 1. The van der Waals surface area contributed by atoms with Gasteiger partial charge in [-0.2, -0.15) is 0 Å². The number of hydrogen-bond acceptors (Lipinski definition) is 3. The van der Waals surface area contributed by atoms with Gasteiger partial charge in [-0.25, -0.2) is 0 Å². The maximum Gasteiger partial charge on any atom is 0.227 e. The van der Waals surface area contributed by atoms with Crippen molar-refractivity contribution < 1.29 is 14.3 Å². The van der Waals surface area contributed by atoms with Crippen LogP contribution in [0.25, 0.3) is 0 Å². The molecular weight excluding hydrogens is 242 g/mol. The fraction of sp³-hybridized carbons (Fsp3) is 0.267. The topological polar surface area (TPSA) is 53.7 Å². The summed E-state index contributed by atoms with van der Waals surface area (Å²) in [4.78, 5) is 13.7. The van der Waals surface area contributed by atoms with Gasteiger partial charge in [0.2, 0.25) is 5.91 Å². The van der Waals surface area contributed by atoms with E-state index in [1.54, 1.807) is 30.1 Å². The molecule has 2 aromatic rings. The number of benzene rings is 1. The highest BCUT2D eigenvalue weighted by atomic mass is 16.3. The Labute approximate surface area is 112 Å². The van der Waals surface area contributed by atoms with Crippen LogP contribution in [0, 0.1) is 6.92 Å². The minimum absolute atomic E-state index is 0.0142. The van der Waals surface area contributed by atoms with Gasteiger partial charge >= 0.3 is 0 Å². The fourth-order valence-electron chi connectivity index (χ4n) is 1.87. The van der Waals surface area contributed by atoms with Crippen LogP contribution in [0.1, 0.15) is 17.1 Å². The van der Waals surface area contributed by atoms with Crippen molar-refractivity contribution in [1.82, 2.24) is 4.90 Å². The van der Waals surface area contributed by atoms with Crippen molar-refractivity contribution >= 4 is 5.91 Å². The SMILES string of the molecule is Cc1ccc(CN(C)C(=O)Cc2cccc(O)c2)o1. The number of rotatable bonds is 4. The summed E-state index contributed by atoms with van der Waals surface area (Å²) in [5.41, 5.74) is 0.799. The van der Waals surface area contributed by atoms with Gasteiger partial charge in [-0.3, -0.25) is 4.79 Å². The van der Waals surface area contributed by atoms with Crippen LogP contribution in [0.4, 0.5) is 0 Å². The molecule has 0 aliphatic rings. The number of phenolic OH excluding ortho intramolecular Hbond substituents is 1. The van der Waals surface area contributed by atoms with Crippen LogP contribution in [-0.2, 0) is 17.8 Å². The van der Waals surface area contributed by atoms with Gasteiger partial charge < -0.3 is 14.4 Å². The molecule has 0 atom stereocenters. The molecular formula is C15H17NO3. The Kier molecular flexibility index (Phi) is 3.90. The van der Waals surface area contributed by atoms with E-state index in [0.29, 0.717) is 6.54 Å². The zero-order valence-electron chi connectivity index (χ0n) is 11.1. The van der Waals surface area contributed by atoms with Crippen LogP contribution < -0.4 is 0 Å². The summed E-state index contributed by atoms with van der Waals surface area (Å²) >= 11 is 0. The number of carbonyl (C=O) groups is 1. The molecule has 1 aromatic heterocycles. The predicted octanol–water partition coefficient (Wildman–Crippen LogP) is 2.49. The molecule has 0 saturated carbocycles. The lowest BCUT2D eigenvalue weighted by atomic mass is 10.1. The first-order valence-corrected chi connectivity index (χ1v) is 6.12. The molecule has 0 spiro atoms. The van der Waals surface area contributed by atoms with E-state index < -0.39 is 0 Å². The van der Waals surface area contributed by atoms with Gasteiger partial charge in [-0.05, 0) is 36.8 Å². The quantitative estimate of drug-likeness (QED) is 0.917. The molecule has 0 radical (unpaired) electrons. The van der Waals surface area contributed by atoms with Crippen molar-refractivity contribution in [3.05, 3.63) is 53.5 Å². The molecule has 0 fully saturated rings. The highest BCUT2D eigenvalue weighted by Crippen LogP contribution is 2.13. The summed E-state index contributed by atoms with van der Waals surface area (Å²) in [5, 5.41) is 9.36. The van der Waals surface area contributed by atoms with Crippen LogP contribution in [0.3, 0.4) is 0 Å². The van der Waals surface area contributed by atoms with Gasteiger partial charge in [0.25, 0.3) is 0 Å². The van der Waals surface area contributed by atoms with Gasteiger partial charge in [-0.1, -0.05) is 12.1 Å². The second kappa shape index (κ2) is 5.61. The zero-order valence-corrected chi connectivity index (χ0v) is 11.1. The number of nitrogens with zero attached hydrogens (tertiary/aromatic N) is 1. The van der Waals surface area contributed by atoms with Crippen molar-refractivity contribution in [3.63, 3.8) is 0 Å². The van der Waals surface area contributed by atoms with Crippen LogP contribution in [0.2, 0.25) is 0 Å². The second-order valence-electron chi connectivity index (χ2n) is 4.61. The Balaban J connectivity index is 1.96. The van der Waals surface area contributed by atoms with E-state index in [2.05, 4.69) is 0 Å². The average Bonchev–Trinajstić information content (AvgIpc) is 2.74. The Morgan fingerprint density at radius 3 is 2.74 bits per heavy atom. The number of hydrogen-bond donors (Lipinski definition) is 1. The van der Waals surface area contributed by atoms with E-state index >= 15 is 0 Å². The Bertz CT molecular complexity index is 574. The van der Waals surface area contributed by atoms with Crippen LogP contribution in [0.5, 0.6) is 5.75 Å². The molecule has 2 rings (SSSR count). The Morgan fingerprint density at radius 2 is 2.11 bits per heavy atom. The highest BCUT2D eigenvalue weighted by molar-refractivity contribution is 5.78. The molecule has 0 aliphatic carbocycles. The minimum atomic E-state index is -0.0142. The first-order chi connectivity index (χ1) is 9.04. The third-order valence-corrected chi connectivity index (χ3v) is 2.88. The molecule has 100 valence electrons. The summed E-state index contributed by atoms with van der Waals surface area (Å²) < 4.78 is 5.44. The zero-order chi connectivity index (χ0) is 13.8. The largest absolute Gasteiger partial charge is 0.508 e. The van der Waals surface area contributed by atoms with Gasteiger partial charge in [0.15, 0.2) is 0 Å². The van der Waals surface area contributed by atoms with Crippen molar-refractivity contribution in [2.45, 2.75) is 19.9 Å². The predicted molar refractivity (Wildman–Crippen MR) is 71.7 cm³/mol. The van der Waals surface area contributed by atoms with E-state index in [-0.39, 0.29) is 18.1 Å². The van der Waals surface area contributed by atoms with Gasteiger partial charge in [-0.15, -0.1) is 0 Å². The maximum atomic E-state index is 12.0. The number of furan rings is 1. The first-order valence-electron chi connectivity index (χ1n) is 6.12. The average molecular weight is 259 g/mol. The van der Waals surface area contributed by atoms with E-state index in [0.717, 1.165) is 17.1 Å². The number of aryl methyl sites for hydroxylation is 1. The number of aromatic hydroxyl groups is 1. The van der Waals surface area contributed by atoms with Gasteiger partial charge in [0, 0.05) is 7.05 Å². The van der Waals surface area contributed by atoms with Crippen LogP contribution >= 0.6 is 0 Å². The first kappa shape index (κ1) is 13.2. The molecule has 1 N–H and O–H groups in total. The minimum Gasteiger partial charge on any atom is -0.508 e. The summed E-state index contributed by atoms with van der Waals surface area (Å²) in [6, 6.07) is 10.5. The second-order valence-corrected chi connectivity index (χ2v) is 4.61. The number of amides is 1. The monoisotopic (exact) mass is 259 g/mol. The molecule has 4 nitrogen and oxygen atoms in total. The maximum absolute atomic E-state index is 12.0. The number of likely N-dealkylation sites (N-methyl/N-ethyl adjacent to an activating group) is 1. The molecule has 1 aromatic carbocycles. The van der Waals surface area contributed by atoms with Crippen molar-refractivity contribution in [2.24, 2.45) is 0 Å². The normalized spacial score (nSPS) is 10.4. The van der Waals surface area contributed by atoms with Crippen LogP contribution in [-0.4, -0.2) is 23.0 Å². The molecule has 19 heavy (non-hydrogen) atoms. The lowest BCUT2D eigenvalue weighted by Crippen LogP contribution is -2.27. The standard InChI is InChI=1S/C15H17NO3/c1-11-6-7-14(19-11)10-16(2)15(18)9-12-4-3-5-13(17)8-12/h3-8,17H,9-10H2,1-2H3. The van der Waals surface area contributed by atoms with Gasteiger partial charge in [0.05, 0.1) is 13.0 Å². The lowest BCUT2D eigenvalue weighted by Gasteiger charge is -2.15. The lowest BCUT2D eigenvalue weighted by molar-refractivity contribution is -0.129. The van der Waals surface area contributed by atoms with E-state index in [1.165, 1.54) is 0 Å². The van der Waals surface area contributed by atoms with Gasteiger partial charge in [0.1, 0.15) is 17.3 Å². The third-order valence-electron chi connectivity index (χ3n) is 2.88.